The summed E-state index contributed by atoms with van der Waals surface area (Å²) in [5.41, 5.74) is 0.404. The molecule has 1 aromatic rings. The maximum absolute atomic E-state index is 11.7. The molecule has 0 spiro atoms. The molecule has 1 fully saturated rings. The molecule has 1 aliphatic rings. The summed E-state index contributed by atoms with van der Waals surface area (Å²) in [7, 11) is 1.32. The molecule has 0 saturated heterocycles. The number of hydrogen-bond donors (Lipinski definition) is 1. The minimum Gasteiger partial charge on any atom is -0.484 e. The van der Waals surface area contributed by atoms with Crippen molar-refractivity contribution in [2.45, 2.75) is 31.7 Å². The predicted octanol–water partition coefficient (Wildman–Crippen LogP) is 1.91. The second-order valence-corrected chi connectivity index (χ2v) is 4.86. The number of ether oxygens (including phenoxy) is 2. The van der Waals surface area contributed by atoms with Crippen LogP contribution in [0.5, 0.6) is 5.75 Å². The molecule has 1 aliphatic carbocycles. The molecule has 0 heterocycles. The average Bonchev–Trinajstić information content (AvgIpc) is 2.97. The van der Waals surface area contributed by atoms with Crippen molar-refractivity contribution in [3.8, 4) is 5.75 Å². The van der Waals surface area contributed by atoms with Gasteiger partial charge in [0.15, 0.2) is 6.61 Å². The Hall–Kier alpha value is -2.04. The van der Waals surface area contributed by atoms with E-state index >= 15 is 0 Å². The molecule has 1 aromatic carbocycles. The van der Waals surface area contributed by atoms with Gasteiger partial charge >= 0.3 is 5.97 Å². The van der Waals surface area contributed by atoms with E-state index in [0.717, 1.165) is 12.8 Å². The van der Waals surface area contributed by atoms with Crippen LogP contribution in [0.1, 0.15) is 36.0 Å². The van der Waals surface area contributed by atoms with Gasteiger partial charge in [-0.25, -0.2) is 4.79 Å². The minimum absolute atomic E-state index is 0.0405. The van der Waals surface area contributed by atoms with Crippen molar-refractivity contribution < 1.29 is 19.1 Å². The number of esters is 1. The van der Waals surface area contributed by atoms with Gasteiger partial charge < -0.3 is 14.8 Å². The molecule has 0 radical (unpaired) electrons. The van der Waals surface area contributed by atoms with E-state index in [1.807, 2.05) is 0 Å². The third-order valence-corrected chi connectivity index (χ3v) is 3.35. The number of carbonyl (C=O) groups is 2. The van der Waals surface area contributed by atoms with Crippen LogP contribution in [0.4, 0.5) is 0 Å². The van der Waals surface area contributed by atoms with Crippen LogP contribution in [0.25, 0.3) is 0 Å². The second kappa shape index (κ2) is 6.93. The van der Waals surface area contributed by atoms with E-state index in [1.165, 1.54) is 20.0 Å². The highest BCUT2D eigenvalue weighted by atomic mass is 16.5. The van der Waals surface area contributed by atoms with Gasteiger partial charge in [0, 0.05) is 6.04 Å². The number of hydrogen-bond acceptors (Lipinski definition) is 4. The molecule has 20 heavy (non-hydrogen) atoms. The number of amides is 1. The molecular weight excluding hydrogens is 258 g/mol. The zero-order chi connectivity index (χ0) is 14.4. The zero-order valence-electron chi connectivity index (χ0n) is 11.6. The van der Waals surface area contributed by atoms with E-state index in [4.69, 9.17) is 4.74 Å². The van der Waals surface area contributed by atoms with Crippen molar-refractivity contribution in [3.63, 3.8) is 0 Å². The highest BCUT2D eigenvalue weighted by molar-refractivity contribution is 5.89. The van der Waals surface area contributed by atoms with Crippen LogP contribution in [0.3, 0.4) is 0 Å². The monoisotopic (exact) mass is 277 g/mol. The summed E-state index contributed by atoms with van der Waals surface area (Å²) in [6.07, 6.45) is 4.44. The zero-order valence-corrected chi connectivity index (χ0v) is 11.6. The highest BCUT2D eigenvalue weighted by Gasteiger charge is 2.17. The number of methoxy groups -OCH3 is 1. The van der Waals surface area contributed by atoms with Gasteiger partial charge in [0.25, 0.3) is 5.91 Å². The number of rotatable bonds is 5. The van der Waals surface area contributed by atoms with Crippen molar-refractivity contribution in [2.24, 2.45) is 0 Å². The van der Waals surface area contributed by atoms with Crippen LogP contribution < -0.4 is 10.1 Å². The Labute approximate surface area is 118 Å². The van der Waals surface area contributed by atoms with E-state index < -0.39 is 5.97 Å². The van der Waals surface area contributed by atoms with E-state index in [9.17, 15) is 9.59 Å². The number of benzene rings is 1. The van der Waals surface area contributed by atoms with E-state index in [2.05, 4.69) is 10.1 Å². The Kier molecular flexibility index (Phi) is 4.98. The van der Waals surface area contributed by atoms with Crippen LogP contribution in [-0.4, -0.2) is 31.6 Å². The van der Waals surface area contributed by atoms with Crippen LogP contribution in [0.2, 0.25) is 0 Å². The molecule has 1 saturated carbocycles. The molecule has 108 valence electrons. The first kappa shape index (κ1) is 14.4. The first-order valence-electron chi connectivity index (χ1n) is 6.79. The van der Waals surface area contributed by atoms with Crippen LogP contribution in [-0.2, 0) is 9.53 Å². The van der Waals surface area contributed by atoms with Gasteiger partial charge in [-0.2, -0.15) is 0 Å². The summed E-state index contributed by atoms with van der Waals surface area (Å²) in [5, 5.41) is 2.94. The maximum Gasteiger partial charge on any atom is 0.337 e. The van der Waals surface area contributed by atoms with Crippen LogP contribution >= 0.6 is 0 Å². The summed E-state index contributed by atoms with van der Waals surface area (Å²) in [6.45, 7) is -0.0405. The fourth-order valence-electron chi connectivity index (χ4n) is 2.32. The summed E-state index contributed by atoms with van der Waals surface area (Å²) in [6, 6.07) is 6.88. The summed E-state index contributed by atoms with van der Waals surface area (Å²) in [4.78, 5) is 23.1. The average molecular weight is 277 g/mol. The highest BCUT2D eigenvalue weighted by Crippen LogP contribution is 2.18. The van der Waals surface area contributed by atoms with E-state index in [-0.39, 0.29) is 18.6 Å². The summed E-state index contributed by atoms with van der Waals surface area (Å²) in [5.74, 6) is -0.0688. The number of carbonyl (C=O) groups excluding carboxylic acids is 2. The van der Waals surface area contributed by atoms with Gasteiger partial charge in [0.1, 0.15) is 5.75 Å². The lowest BCUT2D eigenvalue weighted by Crippen LogP contribution is -2.36. The molecule has 0 unspecified atom stereocenters. The Morgan fingerprint density at radius 1 is 1.30 bits per heavy atom. The quantitative estimate of drug-likeness (QED) is 0.835. The number of nitrogens with one attached hydrogen (secondary N) is 1. The minimum atomic E-state index is -0.425. The molecule has 5 nitrogen and oxygen atoms in total. The Morgan fingerprint density at radius 3 is 2.75 bits per heavy atom. The Morgan fingerprint density at radius 2 is 2.05 bits per heavy atom. The molecule has 2 rings (SSSR count). The molecule has 0 atom stereocenters. The van der Waals surface area contributed by atoms with Crippen LogP contribution in [0.15, 0.2) is 24.3 Å². The molecular formula is C15H19NO4. The fraction of sp³-hybridized carbons (Fsp3) is 0.467. The third kappa shape index (κ3) is 3.98. The first-order chi connectivity index (χ1) is 9.69. The van der Waals surface area contributed by atoms with Gasteiger partial charge in [-0.3, -0.25) is 4.79 Å². The molecule has 1 N–H and O–H groups in total. The van der Waals surface area contributed by atoms with Gasteiger partial charge in [0.2, 0.25) is 0 Å². The second-order valence-electron chi connectivity index (χ2n) is 4.86. The lowest BCUT2D eigenvalue weighted by molar-refractivity contribution is -0.123. The normalized spacial score (nSPS) is 14.8. The standard InChI is InChI=1S/C15H19NO4/c1-19-15(18)11-5-4-8-13(9-11)20-10-14(17)16-12-6-2-3-7-12/h4-5,8-9,12H,2-3,6-7,10H2,1H3,(H,16,17). The van der Waals surface area contributed by atoms with Crippen molar-refractivity contribution in [1.82, 2.24) is 5.32 Å². The van der Waals surface area contributed by atoms with Gasteiger partial charge in [-0.05, 0) is 31.0 Å². The van der Waals surface area contributed by atoms with Gasteiger partial charge in [-0.15, -0.1) is 0 Å². The molecule has 0 aromatic heterocycles. The van der Waals surface area contributed by atoms with Gasteiger partial charge in [-0.1, -0.05) is 18.9 Å². The molecule has 1 amide bonds. The topological polar surface area (TPSA) is 64.6 Å². The maximum atomic E-state index is 11.7. The van der Waals surface area contributed by atoms with E-state index in [1.54, 1.807) is 24.3 Å². The SMILES string of the molecule is COC(=O)c1cccc(OCC(=O)NC2CCCC2)c1. The van der Waals surface area contributed by atoms with Gasteiger partial charge in [0.05, 0.1) is 12.7 Å². The van der Waals surface area contributed by atoms with Crippen molar-refractivity contribution >= 4 is 11.9 Å². The largest absolute Gasteiger partial charge is 0.484 e. The Bertz CT molecular complexity index is 481. The first-order valence-corrected chi connectivity index (χ1v) is 6.79. The lowest BCUT2D eigenvalue weighted by Gasteiger charge is -2.12. The van der Waals surface area contributed by atoms with Crippen molar-refractivity contribution in [2.75, 3.05) is 13.7 Å². The third-order valence-electron chi connectivity index (χ3n) is 3.35. The summed E-state index contributed by atoms with van der Waals surface area (Å²) < 4.78 is 10.0. The molecule has 0 bridgehead atoms. The fourth-order valence-corrected chi connectivity index (χ4v) is 2.32. The smallest absolute Gasteiger partial charge is 0.337 e. The summed E-state index contributed by atoms with van der Waals surface area (Å²) >= 11 is 0. The van der Waals surface area contributed by atoms with Crippen molar-refractivity contribution in [3.05, 3.63) is 29.8 Å². The van der Waals surface area contributed by atoms with E-state index in [0.29, 0.717) is 11.3 Å². The Balaban J connectivity index is 1.83. The lowest BCUT2D eigenvalue weighted by atomic mass is 10.2. The molecule has 0 aliphatic heterocycles. The van der Waals surface area contributed by atoms with Crippen molar-refractivity contribution in [1.29, 1.82) is 0 Å². The van der Waals surface area contributed by atoms with Crippen LogP contribution in [0, 0.1) is 0 Å². The molecule has 5 heteroatoms. The predicted molar refractivity (Wildman–Crippen MR) is 73.7 cm³/mol.